The molecule has 0 fully saturated rings. The number of carbonyl (C=O) groups excluding carboxylic acids is 2. The van der Waals surface area contributed by atoms with E-state index in [1.807, 2.05) is 109 Å². The van der Waals surface area contributed by atoms with E-state index in [2.05, 4.69) is 47.0 Å². The van der Waals surface area contributed by atoms with Crippen LogP contribution in [0.5, 0.6) is 0 Å². The fourth-order valence-corrected chi connectivity index (χ4v) is 8.50. The molecule has 0 aliphatic rings. The molecule has 0 aromatic heterocycles. The zero-order valence-corrected chi connectivity index (χ0v) is 22.9. The van der Waals surface area contributed by atoms with Gasteiger partial charge in [-0.15, -0.1) is 0 Å². The second-order valence-electron chi connectivity index (χ2n) is 9.26. The van der Waals surface area contributed by atoms with Crippen molar-refractivity contribution in [2.24, 2.45) is 0 Å². The van der Waals surface area contributed by atoms with Gasteiger partial charge in [-0.3, -0.25) is 9.59 Å². The SMILES string of the molecule is O=C(NCc1ccccc1)C(=C[P+](c1ccccc1)(c1ccccc1)c1ccccc1)NC(=O)c1ccccc1. The highest BCUT2D eigenvalue weighted by atomic mass is 31.2. The van der Waals surface area contributed by atoms with Crippen LogP contribution in [0.1, 0.15) is 15.9 Å². The van der Waals surface area contributed by atoms with Crippen molar-refractivity contribution in [2.45, 2.75) is 6.54 Å². The van der Waals surface area contributed by atoms with Crippen molar-refractivity contribution in [1.29, 1.82) is 0 Å². The molecule has 0 atom stereocenters. The zero-order valence-electron chi connectivity index (χ0n) is 22.0. The van der Waals surface area contributed by atoms with Crippen LogP contribution in [0, 0.1) is 0 Å². The Morgan fingerprint density at radius 1 is 0.550 bits per heavy atom. The second-order valence-corrected chi connectivity index (χ2v) is 12.5. The third kappa shape index (κ3) is 6.09. The quantitative estimate of drug-likeness (QED) is 0.189. The van der Waals surface area contributed by atoms with Gasteiger partial charge in [0.05, 0.1) is 0 Å². The molecule has 0 bridgehead atoms. The Kier molecular flexibility index (Phi) is 8.60. The van der Waals surface area contributed by atoms with Crippen molar-refractivity contribution >= 4 is 35.0 Å². The molecule has 4 nitrogen and oxygen atoms in total. The summed E-state index contributed by atoms with van der Waals surface area (Å²) in [7, 11) is -2.54. The van der Waals surface area contributed by atoms with E-state index in [1.54, 1.807) is 12.1 Å². The van der Waals surface area contributed by atoms with E-state index >= 15 is 0 Å². The molecule has 0 saturated heterocycles. The maximum Gasteiger partial charge on any atom is 0.271 e. The summed E-state index contributed by atoms with van der Waals surface area (Å²) in [6, 6.07) is 49.3. The first kappa shape index (κ1) is 26.8. The van der Waals surface area contributed by atoms with E-state index < -0.39 is 7.26 Å². The van der Waals surface area contributed by atoms with Crippen molar-refractivity contribution in [2.75, 3.05) is 0 Å². The molecule has 0 unspecified atom stereocenters. The van der Waals surface area contributed by atoms with E-state index in [-0.39, 0.29) is 17.5 Å². The van der Waals surface area contributed by atoms with Crippen molar-refractivity contribution in [3.63, 3.8) is 0 Å². The van der Waals surface area contributed by atoms with Crippen LogP contribution in [0.4, 0.5) is 0 Å². The molecular formula is C35H30N2O2P+. The Balaban J connectivity index is 1.68. The van der Waals surface area contributed by atoms with Gasteiger partial charge in [0.25, 0.3) is 11.8 Å². The van der Waals surface area contributed by atoms with Crippen LogP contribution < -0.4 is 26.5 Å². The minimum atomic E-state index is -2.54. The first-order valence-electron chi connectivity index (χ1n) is 13.1. The average Bonchev–Trinajstić information content (AvgIpc) is 3.04. The van der Waals surface area contributed by atoms with Gasteiger partial charge in [-0.25, -0.2) is 0 Å². The number of nitrogens with one attached hydrogen (secondary N) is 2. The maximum atomic E-state index is 13.9. The first-order chi connectivity index (χ1) is 19.7. The van der Waals surface area contributed by atoms with Crippen LogP contribution in [0.3, 0.4) is 0 Å². The molecule has 0 aliphatic heterocycles. The van der Waals surface area contributed by atoms with Crippen LogP contribution in [0.15, 0.2) is 163 Å². The molecule has 5 rings (SSSR count). The number of benzene rings is 5. The van der Waals surface area contributed by atoms with Crippen LogP contribution in [-0.4, -0.2) is 11.8 Å². The number of rotatable bonds is 9. The topological polar surface area (TPSA) is 58.2 Å². The number of carbonyl (C=O) groups is 2. The fraction of sp³-hybridized carbons (Fsp3) is 0.0286. The van der Waals surface area contributed by atoms with Crippen molar-refractivity contribution < 1.29 is 9.59 Å². The third-order valence-corrected chi connectivity index (χ3v) is 10.6. The second kappa shape index (κ2) is 12.8. The van der Waals surface area contributed by atoms with Gasteiger partial charge in [-0.1, -0.05) is 103 Å². The Bertz CT molecular complexity index is 1480. The zero-order chi connectivity index (χ0) is 27.6. The van der Waals surface area contributed by atoms with Crippen LogP contribution in [-0.2, 0) is 11.3 Å². The summed E-state index contributed by atoms with van der Waals surface area (Å²) < 4.78 is 0. The highest BCUT2D eigenvalue weighted by molar-refractivity contribution is 7.98. The molecule has 0 heterocycles. The predicted octanol–water partition coefficient (Wildman–Crippen LogP) is 5.57. The highest BCUT2D eigenvalue weighted by Crippen LogP contribution is 2.57. The van der Waals surface area contributed by atoms with Crippen LogP contribution in [0.25, 0.3) is 0 Å². The number of hydrogen-bond acceptors (Lipinski definition) is 2. The monoisotopic (exact) mass is 541 g/mol. The molecule has 2 N–H and O–H groups in total. The molecule has 40 heavy (non-hydrogen) atoms. The summed E-state index contributed by atoms with van der Waals surface area (Å²) in [5.41, 5.74) is 1.67. The Morgan fingerprint density at radius 3 is 1.40 bits per heavy atom. The van der Waals surface area contributed by atoms with Gasteiger partial charge >= 0.3 is 0 Å². The Labute approximate surface area is 235 Å². The van der Waals surface area contributed by atoms with Crippen LogP contribution in [0.2, 0.25) is 0 Å². The van der Waals surface area contributed by atoms with Gasteiger partial charge in [-0.2, -0.15) is 0 Å². The molecule has 196 valence electrons. The standard InChI is InChI=1S/C35H29N2O2P/c38-34(29-18-8-2-9-19-29)37-33(35(39)36-26-28-16-6-1-7-17-28)27-40(30-20-10-3-11-21-30,31-22-12-4-13-23-31)32-24-14-5-15-25-32/h1-25,27H,26H2,(H-,36,37,38,39)/p+1. The van der Waals surface area contributed by atoms with Crippen molar-refractivity contribution in [3.05, 3.63) is 174 Å². The van der Waals surface area contributed by atoms with Gasteiger partial charge in [0.2, 0.25) is 0 Å². The van der Waals surface area contributed by atoms with Crippen molar-refractivity contribution in [3.8, 4) is 0 Å². The molecular weight excluding hydrogens is 511 g/mol. The molecule has 0 saturated carbocycles. The Hall–Kier alpha value is -4.79. The van der Waals surface area contributed by atoms with Gasteiger partial charge in [0.1, 0.15) is 34.7 Å². The summed E-state index contributed by atoms with van der Waals surface area (Å²) in [4.78, 5) is 27.3. The van der Waals surface area contributed by atoms with E-state index in [1.165, 1.54) is 0 Å². The fourth-order valence-electron chi connectivity index (χ4n) is 4.66. The lowest BCUT2D eigenvalue weighted by Gasteiger charge is -2.25. The predicted molar refractivity (Wildman–Crippen MR) is 165 cm³/mol. The third-order valence-electron chi connectivity index (χ3n) is 6.64. The van der Waals surface area contributed by atoms with Gasteiger partial charge in [0.15, 0.2) is 0 Å². The van der Waals surface area contributed by atoms with Gasteiger partial charge in [-0.05, 0) is 54.1 Å². The molecule has 0 spiro atoms. The highest BCUT2D eigenvalue weighted by Gasteiger charge is 2.45. The summed E-state index contributed by atoms with van der Waals surface area (Å²) >= 11 is 0. The summed E-state index contributed by atoms with van der Waals surface area (Å²) in [6.45, 7) is 0.339. The van der Waals surface area contributed by atoms with E-state index in [4.69, 9.17) is 0 Å². The molecule has 0 aliphatic carbocycles. The lowest BCUT2D eigenvalue weighted by atomic mass is 10.2. The summed E-state index contributed by atoms with van der Waals surface area (Å²) in [5.74, 6) is 1.31. The minimum absolute atomic E-state index is 0.217. The van der Waals surface area contributed by atoms with Crippen LogP contribution >= 0.6 is 7.26 Å². The molecule has 5 aromatic rings. The molecule has 2 amide bonds. The summed E-state index contributed by atoms with van der Waals surface area (Å²) in [5, 5.41) is 9.24. The summed E-state index contributed by atoms with van der Waals surface area (Å²) in [6.07, 6.45) is 0. The van der Waals surface area contributed by atoms with E-state index in [9.17, 15) is 9.59 Å². The molecule has 0 radical (unpaired) electrons. The van der Waals surface area contributed by atoms with Gasteiger partial charge < -0.3 is 10.6 Å². The number of amides is 2. The average molecular weight is 542 g/mol. The molecule has 5 heteroatoms. The van der Waals surface area contributed by atoms with E-state index in [0.717, 1.165) is 21.5 Å². The Morgan fingerprint density at radius 2 is 0.950 bits per heavy atom. The minimum Gasteiger partial charge on any atom is -0.347 e. The van der Waals surface area contributed by atoms with Crippen molar-refractivity contribution in [1.82, 2.24) is 10.6 Å². The number of hydrogen-bond donors (Lipinski definition) is 2. The first-order valence-corrected chi connectivity index (χ1v) is 15.0. The van der Waals surface area contributed by atoms with E-state index in [0.29, 0.717) is 12.1 Å². The maximum absolute atomic E-state index is 13.9. The smallest absolute Gasteiger partial charge is 0.271 e. The van der Waals surface area contributed by atoms with Gasteiger partial charge in [0, 0.05) is 12.1 Å². The lowest BCUT2D eigenvalue weighted by molar-refractivity contribution is -0.117. The largest absolute Gasteiger partial charge is 0.347 e. The molecule has 5 aromatic carbocycles. The lowest BCUT2D eigenvalue weighted by Crippen LogP contribution is -2.37. The normalized spacial score (nSPS) is 11.4.